The number of aromatic hydroxyl groups is 1. The zero-order valence-corrected chi connectivity index (χ0v) is 20.8. The number of pyridine rings is 2. The molecule has 36 heavy (non-hydrogen) atoms. The molecule has 0 saturated heterocycles. The van der Waals surface area contributed by atoms with E-state index in [4.69, 9.17) is 16.2 Å². The van der Waals surface area contributed by atoms with E-state index in [1.54, 1.807) is 6.07 Å². The van der Waals surface area contributed by atoms with Crippen LogP contribution in [0.1, 0.15) is 50.9 Å². The predicted octanol–water partition coefficient (Wildman–Crippen LogP) is 6.17. The maximum atomic E-state index is 9.72. The van der Waals surface area contributed by atoms with Crippen molar-refractivity contribution in [3.8, 4) is 17.2 Å². The van der Waals surface area contributed by atoms with Crippen molar-refractivity contribution in [2.24, 2.45) is 0 Å². The van der Waals surface area contributed by atoms with Crippen LogP contribution < -0.4 is 16.2 Å². The van der Waals surface area contributed by atoms with Gasteiger partial charge in [0.25, 0.3) is 0 Å². The van der Waals surface area contributed by atoms with Crippen molar-refractivity contribution >= 4 is 33.6 Å². The molecule has 3 aromatic heterocycles. The molecule has 2 aromatic carbocycles. The van der Waals surface area contributed by atoms with E-state index in [-0.39, 0.29) is 23.6 Å². The van der Waals surface area contributed by atoms with Crippen molar-refractivity contribution in [1.82, 2.24) is 19.9 Å². The fraction of sp³-hybridized carbons (Fsp3) is 0.214. The summed E-state index contributed by atoms with van der Waals surface area (Å²) >= 11 is 0. The quantitative estimate of drug-likeness (QED) is 0.277. The molecular formula is C28H30N6O2. The minimum absolute atomic E-state index is 0.116. The number of hydrogen-bond acceptors (Lipinski definition) is 8. The third-order valence-corrected chi connectivity index (χ3v) is 5.56. The smallest absolute Gasteiger partial charge is 0.222 e. The zero-order valence-electron chi connectivity index (χ0n) is 20.8. The van der Waals surface area contributed by atoms with Crippen LogP contribution in [0, 0.1) is 0 Å². The van der Waals surface area contributed by atoms with E-state index in [1.165, 1.54) is 6.20 Å². The molecule has 0 aliphatic rings. The lowest BCUT2D eigenvalue weighted by atomic mass is 10.1. The Labute approximate surface area is 210 Å². The number of nitrogens with two attached hydrogens (primary N) is 2. The minimum atomic E-state index is 0.116. The number of nitrogen functional groups attached to an aromatic ring is 2. The SMILES string of the molecule is CC(C)c1nc2ccccc2cc1O.CC(C)c1nc2ccccc2cc1Oc1cnc(N)nc1N. The maximum Gasteiger partial charge on any atom is 0.222 e. The molecule has 0 bridgehead atoms. The van der Waals surface area contributed by atoms with Gasteiger partial charge in [0, 0.05) is 10.8 Å². The average molecular weight is 483 g/mol. The molecule has 0 spiro atoms. The largest absolute Gasteiger partial charge is 0.506 e. The summed E-state index contributed by atoms with van der Waals surface area (Å²) in [7, 11) is 0. The Balaban J connectivity index is 0.000000187. The number of para-hydroxylation sites is 2. The first-order chi connectivity index (χ1) is 17.2. The van der Waals surface area contributed by atoms with Gasteiger partial charge in [-0.2, -0.15) is 4.98 Å². The monoisotopic (exact) mass is 482 g/mol. The van der Waals surface area contributed by atoms with Gasteiger partial charge in [0.05, 0.1) is 28.6 Å². The van der Waals surface area contributed by atoms with Crippen molar-refractivity contribution < 1.29 is 9.84 Å². The van der Waals surface area contributed by atoms with Gasteiger partial charge in [-0.25, -0.2) is 15.0 Å². The minimum Gasteiger partial charge on any atom is -0.506 e. The van der Waals surface area contributed by atoms with Gasteiger partial charge in [-0.05, 0) is 36.1 Å². The number of rotatable bonds is 4. The number of anilines is 2. The van der Waals surface area contributed by atoms with Gasteiger partial charge in [-0.3, -0.25) is 0 Å². The van der Waals surface area contributed by atoms with Crippen LogP contribution in [0.15, 0.2) is 66.9 Å². The molecular weight excluding hydrogens is 452 g/mol. The summed E-state index contributed by atoms with van der Waals surface area (Å²) in [6, 6.07) is 19.4. The molecule has 5 rings (SSSR count). The van der Waals surface area contributed by atoms with Crippen molar-refractivity contribution in [3.63, 3.8) is 0 Å². The van der Waals surface area contributed by atoms with Gasteiger partial charge < -0.3 is 21.3 Å². The topological polar surface area (TPSA) is 133 Å². The number of fused-ring (bicyclic) bond motifs is 2. The molecule has 0 aliphatic heterocycles. The summed E-state index contributed by atoms with van der Waals surface area (Å²) in [5.41, 5.74) is 14.8. The molecule has 5 N–H and O–H groups in total. The summed E-state index contributed by atoms with van der Waals surface area (Å²) in [6.45, 7) is 8.17. The second-order valence-corrected chi connectivity index (χ2v) is 9.04. The van der Waals surface area contributed by atoms with Gasteiger partial charge in [0.2, 0.25) is 5.95 Å². The average Bonchev–Trinajstić information content (AvgIpc) is 2.85. The van der Waals surface area contributed by atoms with Crippen LogP contribution in [0.3, 0.4) is 0 Å². The van der Waals surface area contributed by atoms with Crippen LogP contribution in [0.2, 0.25) is 0 Å². The predicted molar refractivity (Wildman–Crippen MR) is 144 cm³/mol. The lowest BCUT2D eigenvalue weighted by molar-refractivity contribution is 0.461. The highest BCUT2D eigenvalue weighted by Gasteiger charge is 2.14. The van der Waals surface area contributed by atoms with Crippen LogP contribution >= 0.6 is 0 Å². The van der Waals surface area contributed by atoms with E-state index >= 15 is 0 Å². The Hall–Kier alpha value is -4.46. The summed E-state index contributed by atoms with van der Waals surface area (Å²) in [5.74, 6) is 2.08. The van der Waals surface area contributed by atoms with E-state index in [2.05, 4.69) is 33.8 Å². The summed E-state index contributed by atoms with van der Waals surface area (Å²) < 4.78 is 5.90. The van der Waals surface area contributed by atoms with Crippen molar-refractivity contribution in [2.75, 3.05) is 11.5 Å². The molecule has 8 nitrogen and oxygen atoms in total. The molecule has 3 heterocycles. The lowest BCUT2D eigenvalue weighted by Crippen LogP contribution is -2.03. The molecule has 0 saturated carbocycles. The summed E-state index contributed by atoms with van der Waals surface area (Å²) in [6.07, 6.45) is 1.47. The van der Waals surface area contributed by atoms with Gasteiger partial charge >= 0.3 is 0 Å². The van der Waals surface area contributed by atoms with Crippen LogP contribution in [-0.2, 0) is 0 Å². The van der Waals surface area contributed by atoms with Gasteiger partial charge in [-0.1, -0.05) is 64.1 Å². The Morgan fingerprint density at radius 1 is 0.722 bits per heavy atom. The second-order valence-electron chi connectivity index (χ2n) is 9.04. The van der Waals surface area contributed by atoms with Gasteiger partial charge in [-0.15, -0.1) is 0 Å². The first-order valence-corrected chi connectivity index (χ1v) is 11.8. The first kappa shape index (κ1) is 24.7. The first-order valence-electron chi connectivity index (χ1n) is 11.8. The maximum absolute atomic E-state index is 9.72. The lowest BCUT2D eigenvalue weighted by Gasteiger charge is -2.14. The third-order valence-electron chi connectivity index (χ3n) is 5.56. The third kappa shape index (κ3) is 5.43. The highest BCUT2D eigenvalue weighted by Crippen LogP contribution is 2.33. The van der Waals surface area contributed by atoms with Crippen LogP contribution in [0.5, 0.6) is 17.2 Å². The highest BCUT2D eigenvalue weighted by atomic mass is 16.5. The number of aromatic nitrogens is 4. The standard InChI is InChI=1S/C16H17N5O.C12H13NO/c1-9(2)14-12(7-10-5-3-4-6-11(10)20-14)22-13-8-19-16(18)21-15(13)17;1-8(2)12-11(14)7-9-5-3-4-6-10(9)13-12/h3-9H,1-2H3,(H4,17,18,19,21);3-8,14H,1-2H3. The van der Waals surface area contributed by atoms with Crippen molar-refractivity contribution in [1.29, 1.82) is 0 Å². The molecule has 0 aliphatic carbocycles. The Kier molecular flexibility index (Phi) is 7.15. The Morgan fingerprint density at radius 3 is 1.86 bits per heavy atom. The van der Waals surface area contributed by atoms with E-state index in [9.17, 15) is 5.11 Å². The summed E-state index contributed by atoms with van der Waals surface area (Å²) in [4.78, 5) is 16.9. The molecule has 8 heteroatoms. The van der Waals surface area contributed by atoms with Crippen LogP contribution in [-0.4, -0.2) is 25.0 Å². The van der Waals surface area contributed by atoms with E-state index in [0.717, 1.165) is 33.2 Å². The van der Waals surface area contributed by atoms with Crippen LogP contribution in [0.4, 0.5) is 11.8 Å². The molecule has 0 radical (unpaired) electrons. The second kappa shape index (κ2) is 10.4. The van der Waals surface area contributed by atoms with Crippen LogP contribution in [0.25, 0.3) is 21.8 Å². The van der Waals surface area contributed by atoms with Gasteiger partial charge in [0.1, 0.15) is 11.5 Å². The Morgan fingerprint density at radius 2 is 1.28 bits per heavy atom. The fourth-order valence-electron chi connectivity index (χ4n) is 3.75. The number of benzene rings is 2. The normalized spacial score (nSPS) is 11.1. The van der Waals surface area contributed by atoms with Crippen molar-refractivity contribution in [2.45, 2.75) is 39.5 Å². The number of ether oxygens (including phenoxy) is 1. The Bertz CT molecular complexity index is 1520. The van der Waals surface area contributed by atoms with E-state index < -0.39 is 0 Å². The zero-order chi connectivity index (χ0) is 25.8. The highest BCUT2D eigenvalue weighted by molar-refractivity contribution is 5.81. The van der Waals surface area contributed by atoms with E-state index in [1.807, 2.05) is 68.4 Å². The molecule has 184 valence electrons. The number of nitrogens with zero attached hydrogens (tertiary/aromatic N) is 4. The van der Waals surface area contributed by atoms with E-state index in [0.29, 0.717) is 17.2 Å². The summed E-state index contributed by atoms with van der Waals surface area (Å²) in [5, 5.41) is 11.7. The molecule has 0 fully saturated rings. The molecule has 0 unspecified atom stereocenters. The number of hydrogen-bond donors (Lipinski definition) is 3. The fourth-order valence-corrected chi connectivity index (χ4v) is 3.75. The molecule has 5 aromatic rings. The molecule has 0 atom stereocenters. The van der Waals surface area contributed by atoms with Crippen molar-refractivity contribution in [3.05, 3.63) is 78.2 Å². The van der Waals surface area contributed by atoms with Gasteiger partial charge in [0.15, 0.2) is 11.6 Å². The molecule has 0 amide bonds.